The van der Waals surface area contributed by atoms with E-state index in [9.17, 15) is 45.1 Å². The van der Waals surface area contributed by atoms with E-state index in [1.165, 1.54) is 6.07 Å². The number of ketones is 2. The molecule has 0 saturated carbocycles. The summed E-state index contributed by atoms with van der Waals surface area (Å²) >= 11 is 0. The maximum atomic E-state index is 12.9. The molecule has 0 saturated heterocycles. The lowest BCUT2D eigenvalue weighted by Crippen LogP contribution is -2.32. The summed E-state index contributed by atoms with van der Waals surface area (Å²) in [5.74, 6) is -2.98. The molecule has 0 heterocycles. The molecule has 0 aliphatic rings. The molecule has 0 bridgehead atoms. The first-order valence-corrected chi connectivity index (χ1v) is 18.4. The van der Waals surface area contributed by atoms with Gasteiger partial charge in [-0.05, 0) is 82.1 Å². The number of anilines is 2. The molecule has 0 aromatic heterocycles. The first kappa shape index (κ1) is 40.0. The van der Waals surface area contributed by atoms with Gasteiger partial charge in [-0.3, -0.25) is 28.3 Å². The zero-order valence-corrected chi connectivity index (χ0v) is 30.6. The minimum atomic E-state index is -5.11. The largest absolute Gasteiger partial charge is 0.324 e. The Morgan fingerprint density at radius 2 is 1.02 bits per heavy atom. The van der Waals surface area contributed by atoms with Crippen molar-refractivity contribution >= 4 is 66.4 Å². The molecule has 2 amide bonds. The molecule has 0 fully saturated rings. The number of Topliss-reactive ketones (excluding diaryl/α,β-unsaturated/α-hetero) is 2. The highest BCUT2D eigenvalue weighted by Gasteiger charge is 2.27. The van der Waals surface area contributed by atoms with Crippen molar-refractivity contribution in [1.82, 2.24) is 0 Å². The molecule has 0 aliphatic carbocycles. The van der Waals surface area contributed by atoms with E-state index >= 15 is 0 Å². The first-order valence-electron chi connectivity index (χ1n) is 15.6. The second kappa shape index (κ2) is 16.2. The number of hydrogen-bond acceptors (Lipinski definition) is 12. The Labute approximate surface area is 305 Å². The summed E-state index contributed by atoms with van der Waals surface area (Å²) in [7, 11) is -10.2. The Bertz CT molecular complexity index is 2410. The van der Waals surface area contributed by atoms with Crippen LogP contribution in [0.1, 0.15) is 30.5 Å². The molecule has 53 heavy (non-hydrogen) atoms. The van der Waals surface area contributed by atoms with Crippen LogP contribution >= 0.6 is 0 Å². The van der Waals surface area contributed by atoms with Gasteiger partial charge in [0.05, 0.1) is 11.4 Å². The normalized spacial score (nSPS) is 13.1. The Hall–Kier alpha value is -5.82. The summed E-state index contributed by atoms with van der Waals surface area (Å²) in [5, 5.41) is 20.4. The van der Waals surface area contributed by atoms with E-state index < -0.39 is 76.6 Å². The van der Waals surface area contributed by atoms with Crippen LogP contribution in [0.15, 0.2) is 109 Å². The zero-order valence-electron chi connectivity index (χ0n) is 28.9. The topological polar surface area (TPSA) is 251 Å². The number of aryl methyl sites for hydroxylation is 3. The number of amides is 2. The molecule has 4 N–H and O–H groups in total. The van der Waals surface area contributed by atoms with E-state index in [2.05, 4.69) is 31.1 Å². The maximum Gasteiger partial charge on any atom is 0.295 e. The van der Waals surface area contributed by atoms with Gasteiger partial charge >= 0.3 is 0 Å². The molecule has 276 valence electrons. The van der Waals surface area contributed by atoms with Crippen LogP contribution in [0.3, 0.4) is 0 Å². The average molecular weight is 763 g/mol. The predicted molar refractivity (Wildman–Crippen MR) is 194 cm³/mol. The summed E-state index contributed by atoms with van der Waals surface area (Å²) in [6, 6.07) is 14.8. The van der Waals surface area contributed by atoms with Crippen LogP contribution < -0.4 is 10.6 Å². The van der Waals surface area contributed by atoms with Gasteiger partial charge in [-0.25, -0.2) is 0 Å². The molecule has 4 rings (SSSR count). The Morgan fingerprint density at radius 3 is 1.42 bits per heavy atom. The van der Waals surface area contributed by atoms with Crippen molar-refractivity contribution in [2.75, 3.05) is 10.6 Å². The highest BCUT2D eigenvalue weighted by atomic mass is 32.2. The minimum absolute atomic E-state index is 0.245. The van der Waals surface area contributed by atoms with Gasteiger partial charge in [0.15, 0.2) is 11.6 Å². The molecule has 0 spiro atoms. The second-order valence-electron chi connectivity index (χ2n) is 11.9. The highest BCUT2D eigenvalue weighted by molar-refractivity contribution is 7.86. The average Bonchev–Trinajstić information content (AvgIpc) is 3.06. The van der Waals surface area contributed by atoms with Crippen molar-refractivity contribution in [3.8, 4) is 11.1 Å². The van der Waals surface area contributed by atoms with Crippen molar-refractivity contribution in [3.05, 3.63) is 95.6 Å². The number of nitrogens with zero attached hydrogens (tertiary/aromatic N) is 4. The van der Waals surface area contributed by atoms with Crippen LogP contribution in [0.25, 0.3) is 11.1 Å². The molecule has 18 heteroatoms. The van der Waals surface area contributed by atoms with Gasteiger partial charge in [-0.1, -0.05) is 48.0 Å². The quantitative estimate of drug-likeness (QED) is 0.0688. The lowest BCUT2D eigenvalue weighted by Gasteiger charge is -2.13. The number of nitrogens with one attached hydrogen (secondary N) is 2. The SMILES string of the molecule is CC(=O)[C@@H](N=Nc1ccc(-c2ccc(N=N[C@@H](C(C)=O)C(=O)Nc3ccccc3C)cc2S(=O)(=O)O)c(S(=O)(=O)O)c1)C(=O)Nc1ccc(C)cc1C. The zero-order chi connectivity index (χ0) is 39.2. The molecule has 2 atom stereocenters. The lowest BCUT2D eigenvalue weighted by molar-refractivity contribution is -0.127. The third-order valence-corrected chi connectivity index (χ3v) is 9.45. The maximum absolute atomic E-state index is 12.9. The van der Waals surface area contributed by atoms with Gasteiger partial charge in [0.2, 0.25) is 12.1 Å². The van der Waals surface area contributed by atoms with Crippen molar-refractivity contribution in [2.24, 2.45) is 20.5 Å². The smallest absolute Gasteiger partial charge is 0.295 e. The Balaban J connectivity index is 1.68. The van der Waals surface area contributed by atoms with Gasteiger partial charge < -0.3 is 10.6 Å². The minimum Gasteiger partial charge on any atom is -0.324 e. The Morgan fingerprint density at radius 1 is 0.585 bits per heavy atom. The fraction of sp³-hybridized carbons (Fsp3) is 0.200. The third-order valence-electron chi connectivity index (χ3n) is 7.66. The van der Waals surface area contributed by atoms with Crippen LogP contribution in [0.2, 0.25) is 0 Å². The van der Waals surface area contributed by atoms with E-state index in [0.717, 1.165) is 55.3 Å². The molecular formula is C35H34N6O10S2. The molecule has 0 unspecified atom stereocenters. The number of rotatable bonds is 13. The first-order chi connectivity index (χ1) is 24.8. The van der Waals surface area contributed by atoms with E-state index in [0.29, 0.717) is 16.9 Å². The number of hydrogen-bond donors (Lipinski definition) is 4. The molecule has 0 radical (unpaired) electrons. The molecule has 4 aromatic carbocycles. The van der Waals surface area contributed by atoms with Crippen LogP contribution in [0, 0.1) is 20.8 Å². The van der Waals surface area contributed by atoms with Crippen molar-refractivity contribution < 1.29 is 45.1 Å². The van der Waals surface area contributed by atoms with E-state index in [-0.39, 0.29) is 11.4 Å². The van der Waals surface area contributed by atoms with Crippen LogP contribution in [0.4, 0.5) is 22.7 Å². The Kier molecular flexibility index (Phi) is 12.2. The predicted octanol–water partition coefficient (Wildman–Crippen LogP) is 6.13. The number of azo groups is 2. The van der Waals surface area contributed by atoms with Gasteiger partial charge in [-0.15, -0.1) is 0 Å². The monoisotopic (exact) mass is 762 g/mol. The summed E-state index contributed by atoms with van der Waals surface area (Å²) < 4.78 is 70.3. The van der Waals surface area contributed by atoms with Gasteiger partial charge in [-0.2, -0.15) is 37.3 Å². The number of benzene rings is 4. The summed E-state index contributed by atoms with van der Waals surface area (Å²) in [4.78, 5) is 48.6. The third kappa shape index (κ3) is 10.2. The fourth-order valence-corrected chi connectivity index (χ4v) is 6.42. The standard InChI is InChI=1S/C35H34N6O10S2/c1-19-10-15-29(21(3)16-19)37-35(45)33(23(5)43)41-39-25-12-14-27(31(18-25)53(49,50)51)26-13-11-24(17-30(26)52(46,47)48)38-40-32(22(4)42)34(44)36-28-9-7-6-8-20(28)2/h6-18,32-33H,1-5H3,(H,36,44)(H,37,45)(H,46,47,48)(H,49,50,51)/t32-,33+/m0/s1. The highest BCUT2D eigenvalue weighted by Crippen LogP contribution is 2.37. The van der Waals surface area contributed by atoms with E-state index in [4.69, 9.17) is 0 Å². The van der Waals surface area contributed by atoms with Crippen molar-refractivity contribution in [3.63, 3.8) is 0 Å². The fourth-order valence-electron chi connectivity index (χ4n) is 4.97. The van der Waals surface area contributed by atoms with Gasteiger partial charge in [0, 0.05) is 22.5 Å². The summed E-state index contributed by atoms with van der Waals surface area (Å²) in [5.41, 5.74) is 1.95. The van der Waals surface area contributed by atoms with Crippen molar-refractivity contribution in [1.29, 1.82) is 0 Å². The van der Waals surface area contributed by atoms with Crippen LogP contribution in [-0.2, 0) is 39.4 Å². The number of para-hydroxylation sites is 1. The van der Waals surface area contributed by atoms with Crippen LogP contribution in [-0.4, -0.2) is 61.4 Å². The molecule has 0 aliphatic heterocycles. The summed E-state index contributed by atoms with van der Waals surface area (Å²) in [6.45, 7) is 7.58. The summed E-state index contributed by atoms with van der Waals surface area (Å²) in [6.07, 6.45) is 0. The second-order valence-corrected chi connectivity index (χ2v) is 14.7. The number of carbonyl (C=O) groups is 4. The lowest BCUT2D eigenvalue weighted by atomic mass is 10.0. The molecule has 16 nitrogen and oxygen atoms in total. The molecule has 4 aromatic rings. The van der Waals surface area contributed by atoms with Crippen molar-refractivity contribution in [2.45, 2.75) is 56.5 Å². The molecular weight excluding hydrogens is 729 g/mol. The number of carbonyl (C=O) groups excluding carboxylic acids is 4. The van der Waals surface area contributed by atoms with Gasteiger partial charge in [0.25, 0.3) is 32.1 Å². The van der Waals surface area contributed by atoms with Crippen LogP contribution in [0.5, 0.6) is 0 Å². The van der Waals surface area contributed by atoms with Gasteiger partial charge in [0.1, 0.15) is 9.79 Å². The van der Waals surface area contributed by atoms with E-state index in [1.807, 2.05) is 13.0 Å². The van der Waals surface area contributed by atoms with E-state index in [1.54, 1.807) is 50.2 Å².